The van der Waals surface area contributed by atoms with Gasteiger partial charge in [0.2, 0.25) is 11.9 Å². The highest BCUT2D eigenvalue weighted by Gasteiger charge is 2.19. The molecule has 194 valence electrons. The third-order valence-corrected chi connectivity index (χ3v) is 6.50. The number of aromatic nitrogens is 5. The SMILES string of the molecule is CCOc1nn(C)cc1Nc1ncc(C)c(-c2c[nH]c3c(NC(=O)CN4CCN(C)CC4)cccc23)n1. The molecule has 0 radical (unpaired) electrons. The summed E-state index contributed by atoms with van der Waals surface area (Å²) in [5.74, 6) is 0.930. The molecule has 11 heteroatoms. The van der Waals surface area contributed by atoms with Crippen LogP contribution in [0.4, 0.5) is 17.3 Å². The van der Waals surface area contributed by atoms with E-state index in [4.69, 9.17) is 9.72 Å². The molecule has 11 nitrogen and oxygen atoms in total. The first-order valence-electron chi connectivity index (χ1n) is 12.5. The highest BCUT2D eigenvalue weighted by molar-refractivity contribution is 6.06. The molecule has 0 spiro atoms. The number of rotatable bonds is 8. The molecule has 0 bridgehead atoms. The molecule has 1 fully saturated rings. The molecule has 1 amide bonds. The normalized spacial score (nSPS) is 14.7. The van der Waals surface area contributed by atoms with Gasteiger partial charge in [-0.3, -0.25) is 14.4 Å². The second-order valence-corrected chi connectivity index (χ2v) is 9.36. The number of carbonyl (C=O) groups excluding carboxylic acids is 1. The maximum atomic E-state index is 12.8. The minimum atomic E-state index is -0.0144. The van der Waals surface area contributed by atoms with Crippen molar-refractivity contribution in [1.82, 2.24) is 34.5 Å². The van der Waals surface area contributed by atoms with Crippen LogP contribution in [0.3, 0.4) is 0 Å². The molecule has 1 saturated heterocycles. The zero-order valence-corrected chi connectivity index (χ0v) is 21.7. The number of carbonyl (C=O) groups is 1. The number of amides is 1. The molecule has 5 rings (SSSR count). The van der Waals surface area contributed by atoms with E-state index in [1.54, 1.807) is 10.9 Å². The summed E-state index contributed by atoms with van der Waals surface area (Å²) in [6.45, 7) is 8.54. The largest absolute Gasteiger partial charge is 0.475 e. The summed E-state index contributed by atoms with van der Waals surface area (Å²) in [4.78, 5) is 29.9. The number of aryl methyl sites for hydroxylation is 2. The molecule has 1 aliphatic rings. The van der Waals surface area contributed by atoms with Gasteiger partial charge in [0.1, 0.15) is 5.69 Å². The Bertz CT molecular complexity index is 1400. The van der Waals surface area contributed by atoms with Gasteiger partial charge in [0.15, 0.2) is 0 Å². The van der Waals surface area contributed by atoms with Crippen molar-refractivity contribution in [2.75, 3.05) is 57.0 Å². The maximum Gasteiger partial charge on any atom is 0.256 e. The number of piperazine rings is 1. The fraction of sp³-hybridized carbons (Fsp3) is 0.385. The number of anilines is 3. The number of H-pyrrole nitrogens is 1. The van der Waals surface area contributed by atoms with Crippen LogP contribution < -0.4 is 15.4 Å². The number of aromatic amines is 1. The topological polar surface area (TPSA) is 116 Å². The van der Waals surface area contributed by atoms with Crippen LogP contribution in [0.1, 0.15) is 12.5 Å². The molecule has 0 aliphatic carbocycles. The molecule has 1 aliphatic heterocycles. The molecule has 0 saturated carbocycles. The Kier molecular flexibility index (Phi) is 7.06. The summed E-state index contributed by atoms with van der Waals surface area (Å²) in [5.41, 5.74) is 4.98. The van der Waals surface area contributed by atoms with Gasteiger partial charge in [-0.25, -0.2) is 9.97 Å². The standard InChI is InChI=1S/C26H33N9O2/c1-5-37-25-21(15-34(4)32-25)30-26-28-13-17(2)23(31-26)19-14-27-24-18(19)7-6-8-20(24)29-22(36)16-35-11-9-33(3)10-12-35/h6-8,13-15,27H,5,9-12,16H2,1-4H3,(H,29,36)(H,28,30,31). The lowest BCUT2D eigenvalue weighted by Gasteiger charge is -2.31. The average Bonchev–Trinajstić information content (AvgIpc) is 3.45. The van der Waals surface area contributed by atoms with E-state index in [0.29, 0.717) is 30.7 Å². The Balaban J connectivity index is 1.38. The van der Waals surface area contributed by atoms with Crippen LogP contribution >= 0.6 is 0 Å². The van der Waals surface area contributed by atoms with Crippen LogP contribution in [0.5, 0.6) is 5.88 Å². The number of hydrogen-bond donors (Lipinski definition) is 3. The van der Waals surface area contributed by atoms with Crippen LogP contribution in [0.25, 0.3) is 22.2 Å². The van der Waals surface area contributed by atoms with Gasteiger partial charge in [-0.1, -0.05) is 12.1 Å². The molecule has 3 aromatic heterocycles. The second kappa shape index (κ2) is 10.6. The number of hydrogen-bond acceptors (Lipinski definition) is 8. The van der Waals surface area contributed by atoms with E-state index in [9.17, 15) is 4.79 Å². The van der Waals surface area contributed by atoms with Crippen LogP contribution in [0.15, 0.2) is 36.8 Å². The van der Waals surface area contributed by atoms with Gasteiger partial charge >= 0.3 is 0 Å². The monoisotopic (exact) mass is 503 g/mol. The molecule has 0 unspecified atom stereocenters. The number of nitrogens with zero attached hydrogens (tertiary/aromatic N) is 6. The number of para-hydroxylation sites is 1. The van der Waals surface area contributed by atoms with Crippen molar-refractivity contribution in [2.24, 2.45) is 7.05 Å². The number of likely N-dealkylation sites (N-methyl/N-ethyl adjacent to an activating group) is 1. The molecule has 4 aromatic rings. The molecular weight excluding hydrogens is 470 g/mol. The molecular formula is C26H33N9O2. The molecule has 37 heavy (non-hydrogen) atoms. The van der Waals surface area contributed by atoms with E-state index in [2.05, 4.69) is 42.5 Å². The van der Waals surface area contributed by atoms with Crippen molar-refractivity contribution in [1.29, 1.82) is 0 Å². The lowest BCUT2D eigenvalue weighted by atomic mass is 10.1. The third-order valence-electron chi connectivity index (χ3n) is 6.50. The van der Waals surface area contributed by atoms with Gasteiger partial charge in [-0.2, -0.15) is 0 Å². The number of benzene rings is 1. The summed E-state index contributed by atoms with van der Waals surface area (Å²) in [6, 6.07) is 5.90. The number of ether oxygens (including phenoxy) is 1. The highest BCUT2D eigenvalue weighted by atomic mass is 16.5. The van der Waals surface area contributed by atoms with Crippen molar-refractivity contribution < 1.29 is 9.53 Å². The lowest BCUT2D eigenvalue weighted by molar-refractivity contribution is -0.117. The van der Waals surface area contributed by atoms with Crippen LogP contribution in [0, 0.1) is 6.92 Å². The van der Waals surface area contributed by atoms with E-state index in [1.807, 2.05) is 51.5 Å². The summed E-state index contributed by atoms with van der Waals surface area (Å²) in [5, 5.41) is 11.6. The molecule has 3 N–H and O–H groups in total. The number of fused-ring (bicyclic) bond motifs is 1. The summed E-state index contributed by atoms with van der Waals surface area (Å²) < 4.78 is 7.30. The zero-order chi connectivity index (χ0) is 25.9. The smallest absolute Gasteiger partial charge is 0.256 e. The van der Waals surface area contributed by atoms with Crippen molar-refractivity contribution in [3.63, 3.8) is 0 Å². The molecule has 1 aromatic carbocycles. The first-order valence-corrected chi connectivity index (χ1v) is 12.5. The van der Waals surface area contributed by atoms with Crippen molar-refractivity contribution in [2.45, 2.75) is 13.8 Å². The van der Waals surface area contributed by atoms with Crippen LogP contribution in [0.2, 0.25) is 0 Å². The minimum absolute atomic E-state index is 0.0144. The van der Waals surface area contributed by atoms with E-state index >= 15 is 0 Å². The Hall–Kier alpha value is -3.96. The van der Waals surface area contributed by atoms with Crippen molar-refractivity contribution in [3.8, 4) is 17.1 Å². The fourth-order valence-corrected chi connectivity index (χ4v) is 4.55. The van der Waals surface area contributed by atoms with Gasteiger partial charge in [0, 0.05) is 56.6 Å². The van der Waals surface area contributed by atoms with Crippen LogP contribution in [-0.4, -0.2) is 86.8 Å². The van der Waals surface area contributed by atoms with Gasteiger partial charge in [-0.05, 0) is 32.5 Å². The summed E-state index contributed by atoms with van der Waals surface area (Å²) in [7, 11) is 3.94. The summed E-state index contributed by atoms with van der Waals surface area (Å²) >= 11 is 0. The van der Waals surface area contributed by atoms with Gasteiger partial charge in [0.05, 0.1) is 36.2 Å². The van der Waals surface area contributed by atoms with Gasteiger partial charge in [-0.15, -0.1) is 5.10 Å². The lowest BCUT2D eigenvalue weighted by Crippen LogP contribution is -2.47. The van der Waals surface area contributed by atoms with Crippen molar-refractivity contribution in [3.05, 3.63) is 42.4 Å². The molecule has 0 atom stereocenters. The van der Waals surface area contributed by atoms with Gasteiger partial charge < -0.3 is 25.3 Å². The second-order valence-electron chi connectivity index (χ2n) is 9.36. The first-order chi connectivity index (χ1) is 17.9. The van der Waals surface area contributed by atoms with Crippen LogP contribution in [-0.2, 0) is 11.8 Å². The Labute approximate surface area is 215 Å². The highest BCUT2D eigenvalue weighted by Crippen LogP contribution is 2.34. The van der Waals surface area contributed by atoms with Crippen molar-refractivity contribution >= 4 is 34.1 Å². The van der Waals surface area contributed by atoms with E-state index in [1.165, 1.54) is 0 Å². The minimum Gasteiger partial charge on any atom is -0.475 e. The van der Waals surface area contributed by atoms with E-state index in [-0.39, 0.29) is 5.91 Å². The Morgan fingerprint density at radius 3 is 2.76 bits per heavy atom. The molecule has 4 heterocycles. The fourth-order valence-electron chi connectivity index (χ4n) is 4.55. The number of nitrogens with one attached hydrogen (secondary N) is 3. The van der Waals surface area contributed by atoms with E-state index in [0.717, 1.165) is 59.6 Å². The van der Waals surface area contributed by atoms with Gasteiger partial charge in [0.25, 0.3) is 5.88 Å². The zero-order valence-electron chi connectivity index (χ0n) is 21.7. The Morgan fingerprint density at radius 2 is 1.97 bits per heavy atom. The van der Waals surface area contributed by atoms with E-state index < -0.39 is 0 Å². The third kappa shape index (κ3) is 5.42. The Morgan fingerprint density at radius 1 is 1.16 bits per heavy atom. The quantitative estimate of drug-likeness (QED) is 0.336. The summed E-state index contributed by atoms with van der Waals surface area (Å²) in [6.07, 6.45) is 5.55. The predicted octanol–water partition coefficient (Wildman–Crippen LogP) is 3.00. The first kappa shape index (κ1) is 24.7. The average molecular weight is 504 g/mol. The predicted molar refractivity (Wildman–Crippen MR) is 144 cm³/mol. The maximum absolute atomic E-state index is 12.8.